The zero-order valence-corrected chi connectivity index (χ0v) is 15.1. The number of para-hydroxylation sites is 1. The zero-order chi connectivity index (χ0) is 17.4. The summed E-state index contributed by atoms with van der Waals surface area (Å²) in [5.41, 5.74) is 4.15. The van der Waals surface area contributed by atoms with Gasteiger partial charge in [0.25, 0.3) is 5.91 Å². The second-order valence-corrected chi connectivity index (χ2v) is 7.84. The Kier molecular flexibility index (Phi) is 4.24. The lowest BCUT2D eigenvalue weighted by atomic mass is 10.2. The summed E-state index contributed by atoms with van der Waals surface area (Å²) in [5, 5.41) is 1.84. The second-order valence-electron chi connectivity index (χ2n) is 5.14. The average molecular weight is 387 g/mol. The molecule has 3 aromatic rings. The van der Waals surface area contributed by atoms with Crippen molar-refractivity contribution >= 4 is 67.0 Å². The summed E-state index contributed by atoms with van der Waals surface area (Å²) in [6.45, 7) is 0. The minimum atomic E-state index is -0.382. The fourth-order valence-electron chi connectivity index (χ4n) is 2.31. The molecule has 1 fully saturated rings. The lowest BCUT2D eigenvalue weighted by Gasteiger charge is -2.14. The summed E-state index contributed by atoms with van der Waals surface area (Å²) in [7, 11) is 0. The Bertz CT molecular complexity index is 998. The number of nitrogens with zero attached hydrogens (tertiary/aromatic N) is 2. The molecule has 0 bridgehead atoms. The number of hydrogen-bond acceptors (Lipinski definition) is 6. The molecule has 4 nitrogen and oxygen atoms in total. The number of carbonyl (C=O) groups is 1. The second kappa shape index (κ2) is 6.55. The maximum Gasteiger partial charge on any atom is 0.285 e. The van der Waals surface area contributed by atoms with Crippen LogP contribution in [-0.4, -0.2) is 20.2 Å². The number of benzene rings is 2. The Labute approximate surface area is 156 Å². The van der Waals surface area contributed by atoms with E-state index in [2.05, 4.69) is 10.4 Å². The van der Waals surface area contributed by atoms with Crippen LogP contribution in [0.15, 0.2) is 53.4 Å². The molecule has 1 saturated heterocycles. The van der Waals surface area contributed by atoms with Crippen LogP contribution in [0.3, 0.4) is 0 Å². The number of rotatable bonds is 3. The number of nitrogens with one attached hydrogen (secondary N) is 1. The van der Waals surface area contributed by atoms with Gasteiger partial charge in [-0.3, -0.25) is 10.2 Å². The minimum Gasteiger partial charge on any atom is -0.266 e. The van der Waals surface area contributed by atoms with Crippen LogP contribution < -0.4 is 5.43 Å². The lowest BCUT2D eigenvalue weighted by molar-refractivity contribution is -0.121. The molecule has 4 rings (SSSR count). The van der Waals surface area contributed by atoms with Gasteiger partial charge in [0.05, 0.1) is 15.1 Å². The van der Waals surface area contributed by atoms with Gasteiger partial charge in [0.15, 0.2) is 4.32 Å². The highest BCUT2D eigenvalue weighted by atomic mass is 32.2. The highest BCUT2D eigenvalue weighted by molar-refractivity contribution is 8.26. The van der Waals surface area contributed by atoms with Gasteiger partial charge in [0.1, 0.15) is 5.82 Å². The van der Waals surface area contributed by atoms with E-state index in [9.17, 15) is 9.18 Å². The average Bonchev–Trinajstić information content (AvgIpc) is 3.13. The summed E-state index contributed by atoms with van der Waals surface area (Å²) < 4.78 is 15.2. The molecule has 1 aliphatic rings. The molecule has 1 aliphatic heterocycles. The van der Waals surface area contributed by atoms with Gasteiger partial charge < -0.3 is 0 Å². The van der Waals surface area contributed by atoms with E-state index in [0.29, 0.717) is 19.9 Å². The monoisotopic (exact) mass is 387 g/mol. The van der Waals surface area contributed by atoms with Crippen molar-refractivity contribution in [3.63, 3.8) is 0 Å². The van der Waals surface area contributed by atoms with Crippen molar-refractivity contribution in [2.45, 2.75) is 0 Å². The van der Waals surface area contributed by atoms with E-state index < -0.39 is 0 Å². The molecule has 1 amide bonds. The van der Waals surface area contributed by atoms with Crippen molar-refractivity contribution in [3.05, 3.63) is 64.8 Å². The molecule has 0 atom stereocenters. The Morgan fingerprint density at radius 2 is 1.92 bits per heavy atom. The third kappa shape index (κ3) is 3.15. The third-order valence-electron chi connectivity index (χ3n) is 3.49. The predicted molar refractivity (Wildman–Crippen MR) is 105 cm³/mol. The molecule has 1 aromatic heterocycles. The van der Waals surface area contributed by atoms with E-state index in [1.807, 2.05) is 24.3 Å². The van der Waals surface area contributed by atoms with E-state index in [-0.39, 0.29) is 11.7 Å². The Morgan fingerprint density at radius 1 is 1.16 bits per heavy atom. The molecule has 2 heterocycles. The molecular weight excluding hydrogens is 377 g/mol. The number of aromatic nitrogens is 1. The summed E-state index contributed by atoms with van der Waals surface area (Å²) in [6, 6.07) is 14.0. The van der Waals surface area contributed by atoms with Gasteiger partial charge in [-0.25, -0.2) is 9.37 Å². The van der Waals surface area contributed by atoms with Gasteiger partial charge in [-0.15, -0.1) is 0 Å². The van der Waals surface area contributed by atoms with Crippen molar-refractivity contribution in [2.75, 3.05) is 5.43 Å². The van der Waals surface area contributed by atoms with Crippen molar-refractivity contribution in [2.24, 2.45) is 0 Å². The van der Waals surface area contributed by atoms with Crippen LogP contribution in [0.25, 0.3) is 16.3 Å². The van der Waals surface area contributed by atoms with Gasteiger partial charge in [-0.05, 0) is 36.5 Å². The molecule has 0 saturated carbocycles. The van der Waals surface area contributed by atoms with Gasteiger partial charge in [0.2, 0.25) is 5.13 Å². The molecule has 25 heavy (non-hydrogen) atoms. The normalized spacial score (nSPS) is 16.2. The fraction of sp³-hybridized carbons (Fsp3) is 0. The standard InChI is InChI=1S/C17H10FN3OS3/c18-11-6-2-1-5-10(11)9-14-15(22)21(17(23)25-14)20-16-19-12-7-3-4-8-13(12)24-16/h1-9H,(H,19,20)/b14-9+. The number of halogens is 1. The Balaban J connectivity index is 1.60. The molecule has 0 radical (unpaired) electrons. The predicted octanol–water partition coefficient (Wildman–Crippen LogP) is 4.66. The Hall–Kier alpha value is -2.29. The van der Waals surface area contributed by atoms with E-state index in [0.717, 1.165) is 22.0 Å². The molecule has 0 spiro atoms. The quantitative estimate of drug-likeness (QED) is 0.523. The number of hydrazine groups is 1. The first-order chi connectivity index (χ1) is 12.1. The van der Waals surface area contributed by atoms with Gasteiger partial charge >= 0.3 is 0 Å². The number of anilines is 1. The molecule has 8 heteroatoms. The van der Waals surface area contributed by atoms with Crippen molar-refractivity contribution < 1.29 is 9.18 Å². The minimum absolute atomic E-state index is 0.322. The van der Waals surface area contributed by atoms with Crippen molar-refractivity contribution in [1.82, 2.24) is 9.99 Å². The van der Waals surface area contributed by atoms with Crippen LogP contribution in [0.1, 0.15) is 5.56 Å². The van der Waals surface area contributed by atoms with Crippen LogP contribution in [-0.2, 0) is 4.79 Å². The molecular formula is C17H10FN3OS3. The number of amides is 1. The zero-order valence-electron chi connectivity index (χ0n) is 12.6. The third-order valence-corrected chi connectivity index (χ3v) is 5.73. The first-order valence-electron chi connectivity index (χ1n) is 7.26. The molecule has 124 valence electrons. The summed E-state index contributed by atoms with van der Waals surface area (Å²) in [6.07, 6.45) is 1.51. The molecule has 1 N–H and O–H groups in total. The highest BCUT2D eigenvalue weighted by Crippen LogP contribution is 2.34. The number of thioether (sulfide) groups is 1. The smallest absolute Gasteiger partial charge is 0.266 e. The Morgan fingerprint density at radius 3 is 2.72 bits per heavy atom. The number of carbonyl (C=O) groups excluding carboxylic acids is 1. The van der Waals surface area contributed by atoms with Gasteiger partial charge in [-0.2, -0.15) is 5.01 Å². The van der Waals surface area contributed by atoms with Crippen LogP contribution in [0, 0.1) is 5.82 Å². The van der Waals surface area contributed by atoms with Gasteiger partial charge in [-0.1, -0.05) is 53.4 Å². The maximum atomic E-state index is 13.8. The van der Waals surface area contributed by atoms with Crippen molar-refractivity contribution in [3.8, 4) is 0 Å². The molecule has 0 unspecified atom stereocenters. The molecule has 0 aliphatic carbocycles. The summed E-state index contributed by atoms with van der Waals surface area (Å²) in [4.78, 5) is 17.4. The van der Waals surface area contributed by atoms with Crippen molar-refractivity contribution in [1.29, 1.82) is 0 Å². The first-order valence-corrected chi connectivity index (χ1v) is 9.31. The highest BCUT2D eigenvalue weighted by Gasteiger charge is 2.33. The van der Waals surface area contributed by atoms with Crippen LogP contribution in [0.5, 0.6) is 0 Å². The van der Waals surface area contributed by atoms with E-state index in [1.54, 1.807) is 18.2 Å². The first kappa shape index (κ1) is 16.2. The number of thiocarbonyl (C=S) groups is 1. The van der Waals surface area contributed by atoms with E-state index in [4.69, 9.17) is 12.2 Å². The number of thiazole rings is 1. The lowest BCUT2D eigenvalue weighted by Crippen LogP contribution is -2.33. The number of hydrogen-bond donors (Lipinski definition) is 1. The maximum absolute atomic E-state index is 13.8. The fourth-order valence-corrected chi connectivity index (χ4v) is 4.34. The van der Waals surface area contributed by atoms with Gasteiger partial charge in [0, 0.05) is 5.56 Å². The van der Waals surface area contributed by atoms with E-state index >= 15 is 0 Å². The topological polar surface area (TPSA) is 45.2 Å². The van der Waals surface area contributed by atoms with E-state index in [1.165, 1.54) is 28.5 Å². The largest absolute Gasteiger partial charge is 0.285 e. The SMILES string of the molecule is O=C1/C(=C\c2ccccc2F)SC(=S)N1Nc1nc2ccccc2s1. The number of fused-ring (bicyclic) bond motifs is 1. The summed E-state index contributed by atoms with van der Waals surface area (Å²) >= 11 is 7.83. The van der Waals surface area contributed by atoms with Crippen LogP contribution in [0.2, 0.25) is 0 Å². The molecule has 2 aromatic carbocycles. The summed E-state index contributed by atoms with van der Waals surface area (Å²) in [5.74, 6) is -0.704. The van der Waals surface area contributed by atoms with Crippen LogP contribution in [0.4, 0.5) is 9.52 Å². The van der Waals surface area contributed by atoms with Crippen LogP contribution >= 0.6 is 35.3 Å².